The average Bonchev–Trinajstić information content (AvgIpc) is 2.10. The monoisotopic (exact) mass is 185 g/mol. The Kier molecular flexibility index (Phi) is 5.45. The minimum absolute atomic E-state index is 0.0509. The molecule has 74 valence electrons. The molecular weight excluding hydrogens is 170 g/mol. The molecular formula is C7H15N5O. The molecule has 0 aromatic rings. The van der Waals surface area contributed by atoms with Gasteiger partial charge in [0.2, 0.25) is 0 Å². The fourth-order valence-corrected chi connectivity index (χ4v) is 0.606. The third-order valence-corrected chi connectivity index (χ3v) is 1.59. The van der Waals surface area contributed by atoms with Crippen LogP contribution in [0.1, 0.15) is 6.92 Å². The van der Waals surface area contributed by atoms with Gasteiger partial charge in [-0.1, -0.05) is 6.92 Å². The lowest BCUT2D eigenvalue weighted by molar-refractivity contribution is 0.153. The van der Waals surface area contributed by atoms with Crippen molar-refractivity contribution in [2.45, 2.75) is 13.0 Å². The number of nitrogens with one attached hydrogen (secondary N) is 1. The summed E-state index contributed by atoms with van der Waals surface area (Å²) < 4.78 is 0. The summed E-state index contributed by atoms with van der Waals surface area (Å²) in [5, 5.41) is 16.4. The number of hydrogen-bond acceptors (Lipinski definition) is 3. The summed E-state index contributed by atoms with van der Waals surface area (Å²) in [5.41, 5.74) is 10.1. The van der Waals surface area contributed by atoms with Crippen molar-refractivity contribution >= 4 is 18.5 Å². The highest BCUT2D eigenvalue weighted by Crippen LogP contribution is 2.01. The van der Waals surface area contributed by atoms with Crippen LogP contribution in [0.15, 0.2) is 9.98 Å². The van der Waals surface area contributed by atoms with E-state index in [1.165, 1.54) is 6.34 Å². The largest absolute Gasteiger partial charge is 0.390 e. The van der Waals surface area contributed by atoms with Crippen molar-refractivity contribution in [3.63, 3.8) is 0 Å². The second-order valence-electron chi connectivity index (χ2n) is 2.59. The van der Waals surface area contributed by atoms with Crippen LogP contribution in [0.2, 0.25) is 0 Å². The molecule has 0 amide bonds. The van der Waals surface area contributed by atoms with Crippen LogP contribution < -0.4 is 11.5 Å². The molecule has 0 bridgehead atoms. The second-order valence-corrected chi connectivity index (χ2v) is 2.59. The molecule has 0 radical (unpaired) electrons. The normalized spacial score (nSPS) is 16.5. The first kappa shape index (κ1) is 11.6. The maximum atomic E-state index is 9.37. The van der Waals surface area contributed by atoms with Crippen LogP contribution in [0.3, 0.4) is 0 Å². The molecule has 2 unspecified atom stereocenters. The van der Waals surface area contributed by atoms with Crippen molar-refractivity contribution in [1.29, 1.82) is 5.41 Å². The highest BCUT2D eigenvalue weighted by Gasteiger charge is 2.15. The van der Waals surface area contributed by atoms with Gasteiger partial charge in [-0.3, -0.25) is 10.4 Å². The number of amidine groups is 1. The summed E-state index contributed by atoms with van der Waals surface area (Å²) in [4.78, 5) is 7.27. The van der Waals surface area contributed by atoms with Crippen molar-refractivity contribution in [3.05, 3.63) is 0 Å². The molecule has 0 rings (SSSR count). The second kappa shape index (κ2) is 6.13. The Morgan fingerprint density at radius 2 is 2.31 bits per heavy atom. The number of aliphatic imine (C=N–C) groups is 2. The lowest BCUT2D eigenvalue weighted by atomic mass is 10.0. The summed E-state index contributed by atoms with van der Waals surface area (Å²) in [7, 11) is 0. The fraction of sp³-hybridized carbons (Fsp3) is 0.571. The molecule has 0 aliphatic rings. The predicted octanol–water partition coefficient (Wildman–Crippen LogP) is -1.07. The van der Waals surface area contributed by atoms with Gasteiger partial charge in [-0.2, -0.15) is 0 Å². The third kappa shape index (κ3) is 4.91. The first-order valence-corrected chi connectivity index (χ1v) is 3.83. The summed E-state index contributed by atoms with van der Waals surface area (Å²) in [6.45, 7) is 1.83. The average molecular weight is 185 g/mol. The molecule has 0 spiro atoms. The number of nitrogens with two attached hydrogens (primary N) is 2. The standard InChI is InChI=1S/C7H15N5O/c1-5(7(9)10)6(13)2-11-4-12-3-8/h3-6,13H,2H2,1H3,(H3,9,10)(H2,8,11,12). The van der Waals surface area contributed by atoms with Crippen LogP contribution in [0.4, 0.5) is 0 Å². The van der Waals surface area contributed by atoms with Crippen molar-refractivity contribution in [3.8, 4) is 0 Å². The Morgan fingerprint density at radius 3 is 2.77 bits per heavy atom. The zero-order valence-corrected chi connectivity index (χ0v) is 7.51. The number of aliphatic hydroxyl groups excluding tert-OH is 1. The third-order valence-electron chi connectivity index (χ3n) is 1.59. The fourth-order valence-electron chi connectivity index (χ4n) is 0.606. The number of nitrogens with zero attached hydrogens (tertiary/aromatic N) is 2. The zero-order chi connectivity index (χ0) is 10.3. The molecule has 6 nitrogen and oxygen atoms in total. The number of aliphatic hydroxyl groups is 1. The van der Waals surface area contributed by atoms with E-state index in [0.29, 0.717) is 0 Å². The molecule has 0 aliphatic heterocycles. The molecule has 2 atom stereocenters. The van der Waals surface area contributed by atoms with E-state index in [9.17, 15) is 5.11 Å². The number of hydrogen-bond donors (Lipinski definition) is 4. The first-order valence-electron chi connectivity index (χ1n) is 3.83. The van der Waals surface area contributed by atoms with Gasteiger partial charge in [0.05, 0.1) is 24.8 Å². The van der Waals surface area contributed by atoms with Gasteiger partial charge in [-0.05, 0) is 0 Å². The van der Waals surface area contributed by atoms with Gasteiger partial charge in [0.1, 0.15) is 6.34 Å². The van der Waals surface area contributed by atoms with Crippen LogP contribution in [0.25, 0.3) is 0 Å². The molecule has 0 fully saturated rings. The van der Waals surface area contributed by atoms with E-state index in [2.05, 4.69) is 9.98 Å². The maximum absolute atomic E-state index is 9.37. The Labute approximate surface area is 76.9 Å². The Hall–Kier alpha value is -1.43. The van der Waals surface area contributed by atoms with Gasteiger partial charge in [-0.15, -0.1) is 0 Å². The van der Waals surface area contributed by atoms with E-state index in [4.69, 9.17) is 16.9 Å². The minimum Gasteiger partial charge on any atom is -0.390 e. The lowest BCUT2D eigenvalue weighted by Crippen LogP contribution is -2.32. The summed E-state index contributed by atoms with van der Waals surface area (Å²) in [6.07, 6.45) is 1.60. The SMILES string of the molecule is CC(C(=N)N)C(O)CN=CN=CN. The van der Waals surface area contributed by atoms with Crippen molar-refractivity contribution < 1.29 is 5.11 Å². The quantitative estimate of drug-likeness (QED) is 0.322. The maximum Gasteiger partial charge on any atom is 0.111 e. The highest BCUT2D eigenvalue weighted by molar-refractivity contribution is 5.79. The van der Waals surface area contributed by atoms with Crippen LogP contribution in [0.5, 0.6) is 0 Å². The van der Waals surface area contributed by atoms with Gasteiger partial charge < -0.3 is 16.6 Å². The van der Waals surface area contributed by atoms with E-state index in [0.717, 1.165) is 6.34 Å². The lowest BCUT2D eigenvalue weighted by Gasteiger charge is -2.14. The molecule has 0 aromatic carbocycles. The van der Waals surface area contributed by atoms with E-state index < -0.39 is 6.10 Å². The minimum atomic E-state index is -0.748. The zero-order valence-electron chi connectivity index (χ0n) is 7.51. The first-order chi connectivity index (χ1) is 6.09. The van der Waals surface area contributed by atoms with Crippen molar-refractivity contribution in [2.75, 3.05) is 6.54 Å². The molecule has 6 N–H and O–H groups in total. The van der Waals surface area contributed by atoms with E-state index in [1.54, 1.807) is 6.92 Å². The predicted molar refractivity (Wildman–Crippen MR) is 53.1 cm³/mol. The van der Waals surface area contributed by atoms with Gasteiger partial charge in [0.25, 0.3) is 0 Å². The Balaban J connectivity index is 3.86. The summed E-state index contributed by atoms with van der Waals surface area (Å²) in [6, 6.07) is 0. The van der Waals surface area contributed by atoms with Gasteiger partial charge in [-0.25, -0.2) is 4.99 Å². The van der Waals surface area contributed by atoms with Gasteiger partial charge >= 0.3 is 0 Å². The van der Waals surface area contributed by atoms with Gasteiger partial charge in [0, 0.05) is 5.92 Å². The van der Waals surface area contributed by atoms with Crippen LogP contribution in [-0.4, -0.2) is 36.3 Å². The van der Waals surface area contributed by atoms with E-state index >= 15 is 0 Å². The van der Waals surface area contributed by atoms with E-state index in [-0.39, 0.29) is 18.3 Å². The molecule has 0 saturated carbocycles. The summed E-state index contributed by atoms with van der Waals surface area (Å²) in [5.74, 6) is -0.441. The smallest absolute Gasteiger partial charge is 0.111 e. The van der Waals surface area contributed by atoms with Gasteiger partial charge in [0.15, 0.2) is 0 Å². The molecule has 13 heavy (non-hydrogen) atoms. The Bertz CT molecular complexity index is 213. The van der Waals surface area contributed by atoms with E-state index in [1.807, 2.05) is 0 Å². The van der Waals surface area contributed by atoms with Crippen LogP contribution in [0, 0.1) is 11.3 Å². The number of rotatable bonds is 5. The topological polar surface area (TPSA) is 121 Å². The molecule has 0 aromatic heterocycles. The molecule has 0 aliphatic carbocycles. The van der Waals surface area contributed by atoms with Crippen LogP contribution in [-0.2, 0) is 0 Å². The highest BCUT2D eigenvalue weighted by atomic mass is 16.3. The molecule has 0 saturated heterocycles. The van der Waals surface area contributed by atoms with Crippen LogP contribution >= 0.6 is 0 Å². The Morgan fingerprint density at radius 1 is 1.69 bits per heavy atom. The van der Waals surface area contributed by atoms with Crippen molar-refractivity contribution in [2.24, 2.45) is 27.4 Å². The summed E-state index contributed by atoms with van der Waals surface area (Å²) >= 11 is 0. The molecule has 6 heteroatoms. The van der Waals surface area contributed by atoms with Crippen molar-refractivity contribution in [1.82, 2.24) is 0 Å². The molecule has 0 heterocycles.